The van der Waals surface area contributed by atoms with Crippen molar-refractivity contribution in [1.29, 1.82) is 0 Å². The standard InChI is InChI=1S/C14H17F3O7/c1-9(5-20-3-2-14(15,16)17)12(19)21-6-10-7-23-13(24-10)4-11(18)22-8-13/h10H,1-8H2. The van der Waals surface area contributed by atoms with Crippen molar-refractivity contribution in [2.75, 3.05) is 33.0 Å². The van der Waals surface area contributed by atoms with E-state index in [1.54, 1.807) is 0 Å². The first kappa shape index (κ1) is 18.7. The van der Waals surface area contributed by atoms with Crippen molar-refractivity contribution >= 4 is 11.9 Å². The summed E-state index contributed by atoms with van der Waals surface area (Å²) in [5.41, 5.74) is -0.106. The fourth-order valence-electron chi connectivity index (χ4n) is 2.09. The van der Waals surface area contributed by atoms with E-state index in [1.807, 2.05) is 0 Å². The molecule has 2 saturated heterocycles. The minimum Gasteiger partial charge on any atom is -0.460 e. The molecule has 0 aromatic rings. The zero-order valence-electron chi connectivity index (χ0n) is 12.7. The van der Waals surface area contributed by atoms with Gasteiger partial charge in [-0.2, -0.15) is 13.2 Å². The van der Waals surface area contributed by atoms with E-state index in [2.05, 4.69) is 6.58 Å². The van der Waals surface area contributed by atoms with Crippen LogP contribution in [0.4, 0.5) is 13.2 Å². The summed E-state index contributed by atoms with van der Waals surface area (Å²) in [5, 5.41) is 0. The minimum absolute atomic E-state index is 0.0178. The zero-order valence-corrected chi connectivity index (χ0v) is 12.7. The molecule has 10 heteroatoms. The van der Waals surface area contributed by atoms with Gasteiger partial charge < -0.3 is 23.7 Å². The van der Waals surface area contributed by atoms with Gasteiger partial charge in [0.15, 0.2) is 0 Å². The Bertz CT molecular complexity index is 505. The molecule has 0 aromatic heterocycles. The summed E-state index contributed by atoms with van der Waals surface area (Å²) in [7, 11) is 0. The van der Waals surface area contributed by atoms with Crippen LogP contribution in [0.2, 0.25) is 0 Å². The van der Waals surface area contributed by atoms with Crippen molar-refractivity contribution in [3.63, 3.8) is 0 Å². The van der Waals surface area contributed by atoms with E-state index in [1.165, 1.54) is 0 Å². The molecular formula is C14H17F3O7. The van der Waals surface area contributed by atoms with Gasteiger partial charge in [0.1, 0.15) is 25.7 Å². The van der Waals surface area contributed by atoms with Crippen LogP contribution in [0.5, 0.6) is 0 Å². The number of hydrogen-bond acceptors (Lipinski definition) is 7. The Kier molecular flexibility index (Phi) is 5.83. The first-order chi connectivity index (χ1) is 11.2. The van der Waals surface area contributed by atoms with Gasteiger partial charge in [-0.15, -0.1) is 0 Å². The quantitative estimate of drug-likeness (QED) is 0.385. The summed E-state index contributed by atoms with van der Waals surface area (Å²) in [6.07, 6.45) is -6.02. The molecule has 0 aromatic carbocycles. The van der Waals surface area contributed by atoms with Gasteiger partial charge in [0.2, 0.25) is 5.79 Å². The number of halogens is 3. The van der Waals surface area contributed by atoms with Crippen LogP contribution in [0.3, 0.4) is 0 Å². The Morgan fingerprint density at radius 3 is 2.79 bits per heavy atom. The van der Waals surface area contributed by atoms with E-state index in [4.69, 9.17) is 23.7 Å². The molecule has 0 bridgehead atoms. The summed E-state index contributed by atoms with van der Waals surface area (Å²) < 4.78 is 61.1. The average molecular weight is 354 g/mol. The molecule has 2 atom stereocenters. The van der Waals surface area contributed by atoms with Crippen molar-refractivity contribution in [3.05, 3.63) is 12.2 Å². The third-order valence-corrected chi connectivity index (χ3v) is 3.28. The summed E-state index contributed by atoms with van der Waals surface area (Å²) >= 11 is 0. The molecule has 7 nitrogen and oxygen atoms in total. The van der Waals surface area contributed by atoms with E-state index in [9.17, 15) is 22.8 Å². The van der Waals surface area contributed by atoms with E-state index in [0.717, 1.165) is 0 Å². The van der Waals surface area contributed by atoms with Crippen molar-refractivity contribution in [1.82, 2.24) is 0 Å². The Balaban J connectivity index is 1.63. The molecule has 1 spiro atoms. The summed E-state index contributed by atoms with van der Waals surface area (Å²) in [6.45, 7) is 2.44. The van der Waals surface area contributed by atoms with Gasteiger partial charge in [-0.25, -0.2) is 4.79 Å². The second-order valence-electron chi connectivity index (χ2n) is 5.42. The predicted octanol–water partition coefficient (Wildman–Crippen LogP) is 1.11. The fraction of sp³-hybridized carbons (Fsp3) is 0.714. The lowest BCUT2D eigenvalue weighted by Gasteiger charge is -2.18. The molecule has 0 N–H and O–H groups in total. The average Bonchev–Trinajstić information content (AvgIpc) is 3.06. The second kappa shape index (κ2) is 7.49. The lowest BCUT2D eigenvalue weighted by Crippen LogP contribution is -2.32. The fourth-order valence-corrected chi connectivity index (χ4v) is 2.09. The lowest BCUT2D eigenvalue weighted by atomic mass is 10.2. The SMILES string of the molecule is C=C(COCCC(F)(F)F)C(=O)OCC1COC2(COC(=O)C2)O1. The maximum absolute atomic E-state index is 11.9. The van der Waals surface area contributed by atoms with Gasteiger partial charge in [0.25, 0.3) is 0 Å². The Morgan fingerprint density at radius 1 is 1.42 bits per heavy atom. The molecule has 0 aliphatic carbocycles. The molecule has 2 rings (SSSR count). The molecule has 0 radical (unpaired) electrons. The topological polar surface area (TPSA) is 80.3 Å². The van der Waals surface area contributed by atoms with Crippen LogP contribution in [0.1, 0.15) is 12.8 Å². The van der Waals surface area contributed by atoms with Crippen molar-refractivity contribution in [3.8, 4) is 0 Å². The van der Waals surface area contributed by atoms with E-state index in [-0.39, 0.29) is 38.4 Å². The summed E-state index contributed by atoms with van der Waals surface area (Å²) in [5.74, 6) is -2.35. The second-order valence-corrected chi connectivity index (χ2v) is 5.42. The van der Waals surface area contributed by atoms with Gasteiger partial charge in [-0.3, -0.25) is 4.79 Å². The van der Waals surface area contributed by atoms with Crippen LogP contribution in [0, 0.1) is 0 Å². The highest BCUT2D eigenvalue weighted by molar-refractivity contribution is 5.87. The van der Waals surface area contributed by atoms with Crippen LogP contribution in [0.25, 0.3) is 0 Å². The van der Waals surface area contributed by atoms with Crippen LogP contribution in [0.15, 0.2) is 12.2 Å². The molecule has 136 valence electrons. The number of esters is 2. The molecule has 2 aliphatic heterocycles. The molecular weight excluding hydrogens is 337 g/mol. The third-order valence-electron chi connectivity index (χ3n) is 3.28. The molecule has 2 aliphatic rings. The van der Waals surface area contributed by atoms with Crippen molar-refractivity contribution < 1.29 is 46.4 Å². The van der Waals surface area contributed by atoms with Gasteiger partial charge in [0.05, 0.1) is 31.8 Å². The van der Waals surface area contributed by atoms with Gasteiger partial charge >= 0.3 is 18.1 Å². The smallest absolute Gasteiger partial charge is 0.391 e. The van der Waals surface area contributed by atoms with E-state index < -0.39 is 43.0 Å². The Labute approximate surface area is 135 Å². The minimum atomic E-state index is -4.32. The maximum atomic E-state index is 11.9. The number of ether oxygens (including phenoxy) is 5. The highest BCUT2D eigenvalue weighted by Crippen LogP contribution is 2.32. The highest BCUT2D eigenvalue weighted by Gasteiger charge is 2.49. The summed E-state index contributed by atoms with van der Waals surface area (Å²) in [6, 6.07) is 0. The summed E-state index contributed by atoms with van der Waals surface area (Å²) in [4.78, 5) is 22.7. The number of cyclic esters (lactones) is 1. The van der Waals surface area contributed by atoms with Crippen molar-refractivity contribution in [2.24, 2.45) is 0 Å². The normalized spacial score (nSPS) is 26.6. The first-order valence-electron chi connectivity index (χ1n) is 7.16. The molecule has 2 unspecified atom stereocenters. The van der Waals surface area contributed by atoms with E-state index in [0.29, 0.717) is 0 Å². The Hall–Kier alpha value is -1.65. The number of rotatable bonds is 7. The molecule has 0 amide bonds. The van der Waals surface area contributed by atoms with Crippen LogP contribution >= 0.6 is 0 Å². The number of alkyl halides is 3. The monoisotopic (exact) mass is 354 g/mol. The van der Waals surface area contributed by atoms with Crippen molar-refractivity contribution in [2.45, 2.75) is 30.9 Å². The molecule has 0 saturated carbocycles. The maximum Gasteiger partial charge on any atom is 0.391 e. The molecule has 2 fully saturated rings. The molecule has 2 heterocycles. The van der Waals surface area contributed by atoms with Crippen LogP contribution < -0.4 is 0 Å². The Morgan fingerprint density at radius 2 is 2.17 bits per heavy atom. The number of carbonyl (C=O) groups excluding carboxylic acids is 2. The number of carbonyl (C=O) groups is 2. The van der Waals surface area contributed by atoms with Crippen LogP contribution in [-0.4, -0.2) is 63.0 Å². The number of hydrogen-bond donors (Lipinski definition) is 0. The first-order valence-corrected chi connectivity index (χ1v) is 7.16. The van der Waals surface area contributed by atoms with Gasteiger partial charge in [0, 0.05) is 0 Å². The van der Waals surface area contributed by atoms with Crippen LogP contribution in [-0.2, 0) is 33.3 Å². The lowest BCUT2D eigenvalue weighted by molar-refractivity contribution is -0.173. The third kappa shape index (κ3) is 5.46. The largest absolute Gasteiger partial charge is 0.460 e. The van der Waals surface area contributed by atoms with Gasteiger partial charge in [-0.1, -0.05) is 6.58 Å². The predicted molar refractivity (Wildman–Crippen MR) is 70.7 cm³/mol. The molecule has 24 heavy (non-hydrogen) atoms. The van der Waals surface area contributed by atoms with Gasteiger partial charge in [-0.05, 0) is 0 Å². The highest BCUT2D eigenvalue weighted by atomic mass is 19.4. The zero-order chi connectivity index (χ0) is 17.8. The van der Waals surface area contributed by atoms with E-state index >= 15 is 0 Å².